The number of anilines is 1. The van der Waals surface area contributed by atoms with Gasteiger partial charge in [0.2, 0.25) is 5.91 Å². The van der Waals surface area contributed by atoms with Gasteiger partial charge in [-0.3, -0.25) is 9.59 Å². The van der Waals surface area contributed by atoms with Gasteiger partial charge >= 0.3 is 6.03 Å². The van der Waals surface area contributed by atoms with E-state index in [9.17, 15) is 14.4 Å². The predicted octanol–water partition coefficient (Wildman–Crippen LogP) is 1.81. The molecule has 0 unspecified atom stereocenters. The number of nitrogens with zero attached hydrogens (tertiary/aromatic N) is 2. The van der Waals surface area contributed by atoms with Crippen LogP contribution in [0.2, 0.25) is 0 Å². The third-order valence-electron chi connectivity index (χ3n) is 6.97. The van der Waals surface area contributed by atoms with E-state index in [2.05, 4.69) is 20.9 Å². The number of urea groups is 1. The van der Waals surface area contributed by atoms with Gasteiger partial charge in [-0.1, -0.05) is 0 Å². The molecule has 192 valence electrons. The normalized spacial score (nSPS) is 24.5. The smallest absolute Gasteiger partial charge is 0.319 e. The van der Waals surface area contributed by atoms with Crippen LogP contribution in [0.3, 0.4) is 0 Å². The summed E-state index contributed by atoms with van der Waals surface area (Å²) in [6.45, 7) is 6.41. The summed E-state index contributed by atoms with van der Waals surface area (Å²) in [5.74, 6) is 0.268. The second kappa shape index (κ2) is 11.7. The highest BCUT2D eigenvalue weighted by atomic mass is 16.5. The van der Waals surface area contributed by atoms with Crippen molar-refractivity contribution in [1.82, 2.24) is 20.4 Å². The van der Waals surface area contributed by atoms with E-state index >= 15 is 0 Å². The Morgan fingerprint density at radius 3 is 2.71 bits per heavy atom. The topological polar surface area (TPSA) is 112 Å². The Morgan fingerprint density at radius 1 is 1.14 bits per heavy atom. The summed E-state index contributed by atoms with van der Waals surface area (Å²) in [6.07, 6.45) is 3.71. The first kappa shape index (κ1) is 25.2. The third kappa shape index (κ3) is 6.43. The monoisotopic (exact) mass is 487 g/mol. The van der Waals surface area contributed by atoms with Gasteiger partial charge in [0, 0.05) is 32.4 Å². The highest BCUT2D eigenvalue weighted by Crippen LogP contribution is 2.32. The van der Waals surface area contributed by atoms with E-state index in [1.807, 2.05) is 6.92 Å². The first-order valence-electron chi connectivity index (χ1n) is 12.7. The molecular formula is C25H37N5O5. The molecule has 0 saturated carbocycles. The van der Waals surface area contributed by atoms with E-state index in [1.165, 1.54) is 12.8 Å². The van der Waals surface area contributed by atoms with Gasteiger partial charge in [0.25, 0.3) is 5.91 Å². The lowest BCUT2D eigenvalue weighted by atomic mass is 9.94. The first-order chi connectivity index (χ1) is 16.9. The van der Waals surface area contributed by atoms with Crippen LogP contribution in [0.15, 0.2) is 18.2 Å². The maximum atomic E-state index is 13.3. The summed E-state index contributed by atoms with van der Waals surface area (Å²) < 4.78 is 12.3. The Bertz CT molecular complexity index is 920. The van der Waals surface area contributed by atoms with Crippen molar-refractivity contribution >= 4 is 23.5 Å². The van der Waals surface area contributed by atoms with Crippen LogP contribution in [-0.4, -0.2) is 92.3 Å². The van der Waals surface area contributed by atoms with E-state index in [-0.39, 0.29) is 42.7 Å². The second-order valence-corrected chi connectivity index (χ2v) is 9.47. The molecule has 4 rings (SSSR count). The van der Waals surface area contributed by atoms with Crippen molar-refractivity contribution in [1.29, 1.82) is 0 Å². The summed E-state index contributed by atoms with van der Waals surface area (Å²) in [4.78, 5) is 41.7. The van der Waals surface area contributed by atoms with Crippen LogP contribution >= 0.6 is 0 Å². The summed E-state index contributed by atoms with van der Waals surface area (Å²) in [6, 6.07) is 4.56. The molecule has 0 radical (unpaired) electrons. The summed E-state index contributed by atoms with van der Waals surface area (Å²) >= 11 is 0. The van der Waals surface area contributed by atoms with Gasteiger partial charge in [-0.15, -0.1) is 0 Å². The van der Waals surface area contributed by atoms with Crippen molar-refractivity contribution in [2.45, 2.75) is 57.3 Å². The van der Waals surface area contributed by atoms with Crippen molar-refractivity contribution < 1.29 is 23.9 Å². The molecule has 3 aliphatic heterocycles. The van der Waals surface area contributed by atoms with Crippen LogP contribution < -0.4 is 20.7 Å². The van der Waals surface area contributed by atoms with Crippen molar-refractivity contribution in [3.8, 4) is 5.75 Å². The Labute approximate surface area is 206 Å². The zero-order valence-electron chi connectivity index (χ0n) is 20.7. The van der Waals surface area contributed by atoms with Crippen molar-refractivity contribution in [2.24, 2.45) is 0 Å². The number of rotatable bonds is 7. The quantitative estimate of drug-likeness (QED) is 0.541. The average Bonchev–Trinajstić information content (AvgIpc) is 3.35. The highest BCUT2D eigenvalue weighted by molar-refractivity contribution is 5.99. The Morgan fingerprint density at radius 2 is 1.94 bits per heavy atom. The van der Waals surface area contributed by atoms with Gasteiger partial charge in [0.05, 0.1) is 24.1 Å². The zero-order valence-corrected chi connectivity index (χ0v) is 20.7. The minimum absolute atomic E-state index is 0.00123. The molecule has 3 aliphatic rings. The van der Waals surface area contributed by atoms with Crippen molar-refractivity contribution in [3.63, 3.8) is 0 Å². The van der Waals surface area contributed by atoms with Crippen LogP contribution in [0.25, 0.3) is 0 Å². The Hall–Kier alpha value is -2.85. The Kier molecular flexibility index (Phi) is 8.46. The minimum atomic E-state index is -0.327. The molecule has 35 heavy (non-hydrogen) atoms. The molecule has 3 N–H and O–H groups in total. The number of likely N-dealkylation sites (tertiary alicyclic amines) is 1. The molecule has 0 spiro atoms. The number of benzene rings is 1. The molecule has 2 fully saturated rings. The standard InChI is InChI=1S/C25H37N5O5/c1-3-26-25(33)28-17-6-9-21-19(14-17)24(32)29(2)20-8-7-18(35-22(20)16-34-21)15-23(31)27-10-13-30-11-4-5-12-30/h6,9,14,18,20,22H,3-5,7-8,10-13,15-16H2,1-2H3,(H,27,31)(H2,26,28,33)/t18-,20-,22-/m1/s1. The van der Waals surface area contributed by atoms with Crippen LogP contribution in [0, 0.1) is 0 Å². The fourth-order valence-electron chi connectivity index (χ4n) is 5.08. The number of nitrogens with one attached hydrogen (secondary N) is 3. The summed E-state index contributed by atoms with van der Waals surface area (Å²) in [7, 11) is 1.77. The lowest BCUT2D eigenvalue weighted by Crippen LogP contribution is -2.54. The largest absolute Gasteiger partial charge is 0.490 e. The lowest BCUT2D eigenvalue weighted by Gasteiger charge is -2.42. The summed E-state index contributed by atoms with van der Waals surface area (Å²) in [5.41, 5.74) is 0.924. The molecule has 0 aromatic heterocycles. The SMILES string of the molecule is CCNC(=O)Nc1ccc2c(c1)C(=O)N(C)[C@@H]1CC[C@H](CC(=O)NCCN3CCCC3)O[C@@H]1CO2. The molecule has 0 bridgehead atoms. The third-order valence-corrected chi connectivity index (χ3v) is 6.97. The fraction of sp³-hybridized carbons (Fsp3) is 0.640. The van der Waals surface area contributed by atoms with E-state index < -0.39 is 0 Å². The van der Waals surface area contributed by atoms with Gasteiger partial charge in [-0.05, 0) is 63.9 Å². The van der Waals surface area contributed by atoms with E-state index in [4.69, 9.17) is 9.47 Å². The number of fused-ring (bicyclic) bond motifs is 2. The lowest BCUT2D eigenvalue weighted by molar-refractivity contribution is -0.134. The molecule has 2 saturated heterocycles. The summed E-state index contributed by atoms with van der Waals surface area (Å²) in [5, 5.41) is 8.42. The molecule has 3 heterocycles. The van der Waals surface area contributed by atoms with Crippen molar-refractivity contribution in [3.05, 3.63) is 23.8 Å². The first-order valence-corrected chi connectivity index (χ1v) is 12.7. The molecule has 0 aliphatic carbocycles. The number of likely N-dealkylation sites (N-methyl/N-ethyl adjacent to an activating group) is 1. The van der Waals surface area contributed by atoms with Gasteiger partial charge in [-0.25, -0.2) is 4.79 Å². The molecular weight excluding hydrogens is 450 g/mol. The Balaban J connectivity index is 1.34. The van der Waals surface area contributed by atoms with E-state index in [0.717, 1.165) is 26.1 Å². The predicted molar refractivity (Wildman–Crippen MR) is 132 cm³/mol. The maximum absolute atomic E-state index is 13.3. The van der Waals surface area contributed by atoms with Gasteiger partial charge < -0.3 is 35.2 Å². The van der Waals surface area contributed by atoms with Gasteiger partial charge in [-0.2, -0.15) is 0 Å². The number of ether oxygens (including phenoxy) is 2. The number of hydrogen-bond donors (Lipinski definition) is 3. The average molecular weight is 488 g/mol. The van der Waals surface area contributed by atoms with Crippen LogP contribution in [0.1, 0.15) is 49.4 Å². The number of carbonyl (C=O) groups is 3. The number of amides is 4. The van der Waals surface area contributed by atoms with Crippen LogP contribution in [-0.2, 0) is 9.53 Å². The fourth-order valence-corrected chi connectivity index (χ4v) is 5.08. The molecule has 1 aromatic carbocycles. The molecule has 3 atom stereocenters. The van der Waals surface area contributed by atoms with E-state index in [0.29, 0.717) is 42.9 Å². The maximum Gasteiger partial charge on any atom is 0.319 e. The van der Waals surface area contributed by atoms with Crippen LogP contribution in [0.4, 0.5) is 10.5 Å². The molecule has 1 aromatic rings. The minimum Gasteiger partial charge on any atom is -0.490 e. The number of carbonyl (C=O) groups excluding carboxylic acids is 3. The molecule has 10 nitrogen and oxygen atoms in total. The molecule has 4 amide bonds. The van der Waals surface area contributed by atoms with E-state index in [1.54, 1.807) is 30.1 Å². The second-order valence-electron chi connectivity index (χ2n) is 9.47. The molecule has 10 heteroatoms. The van der Waals surface area contributed by atoms with Crippen LogP contribution in [0.5, 0.6) is 5.75 Å². The zero-order chi connectivity index (χ0) is 24.8. The van der Waals surface area contributed by atoms with Crippen molar-refractivity contribution in [2.75, 3.05) is 51.7 Å². The number of hydrogen-bond acceptors (Lipinski definition) is 6. The van der Waals surface area contributed by atoms with Gasteiger partial charge in [0.15, 0.2) is 0 Å². The highest BCUT2D eigenvalue weighted by Gasteiger charge is 2.39. The van der Waals surface area contributed by atoms with Gasteiger partial charge in [0.1, 0.15) is 18.5 Å².